The van der Waals surface area contributed by atoms with Gasteiger partial charge in [-0.3, -0.25) is 0 Å². The highest BCUT2D eigenvalue weighted by Crippen LogP contribution is 2.22. The van der Waals surface area contributed by atoms with Crippen molar-refractivity contribution in [2.45, 2.75) is 31.5 Å². The van der Waals surface area contributed by atoms with Crippen LogP contribution in [0.4, 0.5) is 13.2 Å². The van der Waals surface area contributed by atoms with Crippen LogP contribution in [0.2, 0.25) is 0 Å². The predicted molar refractivity (Wildman–Crippen MR) is 65.4 cm³/mol. The number of rotatable bonds is 5. The van der Waals surface area contributed by atoms with Gasteiger partial charge in [0.2, 0.25) is 10.0 Å². The third-order valence-corrected chi connectivity index (χ3v) is 4.83. The van der Waals surface area contributed by atoms with Gasteiger partial charge in [-0.1, -0.05) is 0 Å². The van der Waals surface area contributed by atoms with Crippen molar-refractivity contribution in [2.24, 2.45) is 0 Å². The minimum atomic E-state index is -4.29. The molecule has 1 saturated heterocycles. The van der Waals surface area contributed by atoms with Gasteiger partial charge in [0.1, 0.15) is 0 Å². The molecule has 9 heteroatoms. The highest BCUT2D eigenvalue weighted by atomic mass is 35.5. The molecule has 0 aliphatic carbocycles. The van der Waals surface area contributed by atoms with Crippen molar-refractivity contribution in [1.29, 1.82) is 0 Å². The summed E-state index contributed by atoms with van der Waals surface area (Å²) >= 11 is 0. The lowest BCUT2D eigenvalue weighted by atomic mass is 10.3. The van der Waals surface area contributed by atoms with Crippen molar-refractivity contribution >= 4 is 22.4 Å². The third kappa shape index (κ3) is 5.73. The second-order valence-corrected chi connectivity index (χ2v) is 6.35. The van der Waals surface area contributed by atoms with Gasteiger partial charge in [0.05, 0.1) is 5.75 Å². The summed E-state index contributed by atoms with van der Waals surface area (Å²) in [5.41, 5.74) is 0. The zero-order valence-corrected chi connectivity index (χ0v) is 11.7. The first-order chi connectivity index (χ1) is 7.72. The summed E-state index contributed by atoms with van der Waals surface area (Å²) in [4.78, 5) is 0. The van der Waals surface area contributed by atoms with E-state index < -0.39 is 28.4 Å². The molecule has 1 heterocycles. The summed E-state index contributed by atoms with van der Waals surface area (Å²) in [6.07, 6.45) is -5.02. The molecular weight excluding hydrogens is 293 g/mol. The van der Waals surface area contributed by atoms with Gasteiger partial charge in [0.25, 0.3) is 0 Å². The Morgan fingerprint density at radius 3 is 2.44 bits per heavy atom. The van der Waals surface area contributed by atoms with Gasteiger partial charge in [-0.25, -0.2) is 12.7 Å². The van der Waals surface area contributed by atoms with Crippen molar-refractivity contribution in [3.63, 3.8) is 0 Å². The molecule has 0 aromatic carbocycles. The molecule has 1 rings (SSSR count). The van der Waals surface area contributed by atoms with E-state index in [0.29, 0.717) is 13.0 Å². The quantitative estimate of drug-likeness (QED) is 0.834. The number of hydrogen-bond donors (Lipinski definition) is 1. The van der Waals surface area contributed by atoms with Crippen molar-refractivity contribution in [3.8, 4) is 0 Å². The average molecular weight is 311 g/mol. The Morgan fingerprint density at radius 1 is 1.39 bits per heavy atom. The first-order valence-electron chi connectivity index (χ1n) is 5.45. The molecule has 110 valence electrons. The van der Waals surface area contributed by atoms with Crippen LogP contribution in [0.25, 0.3) is 0 Å². The fourth-order valence-corrected chi connectivity index (χ4v) is 3.21. The Kier molecular flexibility index (Phi) is 6.91. The second-order valence-electron chi connectivity index (χ2n) is 4.20. The second kappa shape index (κ2) is 6.93. The molecule has 1 unspecified atom stereocenters. The fraction of sp³-hybridized carbons (Fsp3) is 1.00. The minimum absolute atomic E-state index is 0. The maximum atomic E-state index is 11.9. The van der Waals surface area contributed by atoms with E-state index in [4.69, 9.17) is 0 Å². The Bertz CT molecular complexity index is 342. The number of nitrogens with zero attached hydrogens (tertiary/aromatic N) is 1. The molecule has 0 radical (unpaired) electrons. The summed E-state index contributed by atoms with van der Waals surface area (Å²) in [5.74, 6) is -0.445. The normalized spacial score (nSPS) is 21.1. The van der Waals surface area contributed by atoms with Crippen LogP contribution in [0.15, 0.2) is 0 Å². The van der Waals surface area contributed by atoms with Crippen LogP contribution in [0.3, 0.4) is 0 Å². The maximum Gasteiger partial charge on any atom is 0.389 e. The minimum Gasteiger partial charge on any atom is -0.315 e. The van der Waals surface area contributed by atoms with Gasteiger partial charge in [0.15, 0.2) is 0 Å². The molecule has 1 aliphatic heterocycles. The van der Waals surface area contributed by atoms with Crippen LogP contribution in [0.5, 0.6) is 0 Å². The SMILES string of the molecule is CN(C1CCNC1)S(=O)(=O)CCCC(F)(F)F.Cl. The third-order valence-electron chi connectivity index (χ3n) is 2.85. The largest absolute Gasteiger partial charge is 0.389 e. The number of hydrogen-bond acceptors (Lipinski definition) is 3. The fourth-order valence-electron chi connectivity index (χ4n) is 1.78. The zero-order valence-electron chi connectivity index (χ0n) is 10.0. The van der Waals surface area contributed by atoms with Gasteiger partial charge in [0, 0.05) is 26.1 Å². The Labute approximate surface area is 111 Å². The Balaban J connectivity index is 0.00000289. The lowest BCUT2D eigenvalue weighted by Gasteiger charge is -2.23. The Morgan fingerprint density at radius 2 is 2.00 bits per heavy atom. The van der Waals surface area contributed by atoms with E-state index in [1.54, 1.807) is 0 Å². The van der Waals surface area contributed by atoms with Crippen LogP contribution in [-0.4, -0.2) is 50.8 Å². The first kappa shape index (κ1) is 17.9. The summed E-state index contributed by atoms with van der Waals surface area (Å²) in [7, 11) is -2.14. The summed E-state index contributed by atoms with van der Waals surface area (Å²) in [5, 5.41) is 3.02. The van der Waals surface area contributed by atoms with E-state index >= 15 is 0 Å². The molecule has 0 aromatic heterocycles. The van der Waals surface area contributed by atoms with Crippen LogP contribution in [0, 0.1) is 0 Å². The highest BCUT2D eigenvalue weighted by Gasteiger charge is 2.31. The molecule has 0 amide bonds. The average Bonchev–Trinajstić information content (AvgIpc) is 2.66. The molecule has 0 spiro atoms. The molecule has 1 aliphatic rings. The van der Waals surface area contributed by atoms with E-state index in [1.807, 2.05) is 0 Å². The molecule has 1 fully saturated rings. The van der Waals surface area contributed by atoms with Gasteiger partial charge >= 0.3 is 6.18 Å². The van der Waals surface area contributed by atoms with Crippen molar-refractivity contribution in [2.75, 3.05) is 25.9 Å². The van der Waals surface area contributed by atoms with Crippen LogP contribution in [0.1, 0.15) is 19.3 Å². The van der Waals surface area contributed by atoms with Crippen LogP contribution < -0.4 is 5.32 Å². The monoisotopic (exact) mass is 310 g/mol. The van der Waals surface area contributed by atoms with E-state index in [-0.39, 0.29) is 24.9 Å². The standard InChI is InChI=1S/C9H17F3N2O2S.ClH/c1-14(8-3-5-13-7-8)17(15,16)6-2-4-9(10,11)12;/h8,13H,2-7H2,1H3;1H. The topological polar surface area (TPSA) is 49.4 Å². The molecule has 4 nitrogen and oxygen atoms in total. The highest BCUT2D eigenvalue weighted by molar-refractivity contribution is 7.89. The zero-order chi connectivity index (χ0) is 13.1. The van der Waals surface area contributed by atoms with Crippen molar-refractivity contribution < 1.29 is 21.6 Å². The van der Waals surface area contributed by atoms with E-state index in [1.165, 1.54) is 11.4 Å². The maximum absolute atomic E-state index is 11.9. The summed E-state index contributed by atoms with van der Waals surface area (Å²) in [6.45, 7) is 1.31. The van der Waals surface area contributed by atoms with Crippen molar-refractivity contribution in [3.05, 3.63) is 0 Å². The molecule has 0 bridgehead atoms. The van der Waals surface area contributed by atoms with Gasteiger partial charge in [-0.2, -0.15) is 13.2 Å². The van der Waals surface area contributed by atoms with E-state index in [9.17, 15) is 21.6 Å². The van der Waals surface area contributed by atoms with Gasteiger partial charge < -0.3 is 5.32 Å². The molecule has 0 saturated carbocycles. The molecule has 0 aromatic rings. The number of alkyl halides is 3. The molecule has 1 atom stereocenters. The lowest BCUT2D eigenvalue weighted by molar-refractivity contribution is -0.134. The number of likely N-dealkylation sites (N-methyl/N-ethyl adjacent to an activating group) is 1. The number of sulfonamides is 1. The molecular formula is C9H18ClF3N2O2S. The summed E-state index contributed by atoms with van der Waals surface area (Å²) in [6, 6.07) is -0.133. The Hall–Kier alpha value is -0.0500. The van der Waals surface area contributed by atoms with Gasteiger partial charge in [-0.05, 0) is 19.4 Å². The first-order valence-corrected chi connectivity index (χ1v) is 7.06. The van der Waals surface area contributed by atoms with E-state index in [0.717, 1.165) is 6.54 Å². The lowest BCUT2D eigenvalue weighted by Crippen LogP contribution is -2.39. The number of nitrogens with one attached hydrogen (secondary N) is 1. The van der Waals surface area contributed by atoms with Crippen molar-refractivity contribution in [1.82, 2.24) is 9.62 Å². The smallest absolute Gasteiger partial charge is 0.315 e. The van der Waals surface area contributed by atoms with E-state index in [2.05, 4.69) is 5.32 Å². The summed E-state index contributed by atoms with van der Waals surface area (Å²) < 4.78 is 60.4. The number of halogens is 4. The van der Waals surface area contributed by atoms with Crippen LogP contribution in [-0.2, 0) is 10.0 Å². The van der Waals surface area contributed by atoms with Crippen LogP contribution >= 0.6 is 12.4 Å². The predicted octanol–water partition coefficient (Wildman–Crippen LogP) is 1.37. The van der Waals surface area contributed by atoms with Gasteiger partial charge in [-0.15, -0.1) is 12.4 Å². The molecule has 18 heavy (non-hydrogen) atoms. The molecule has 1 N–H and O–H groups in total.